The molecule has 1 aliphatic rings. The monoisotopic (exact) mass is 658 g/mol. The predicted molar refractivity (Wildman–Crippen MR) is 148 cm³/mol. The molecular formula is C31H36Na4O6P2. The molecule has 0 saturated heterocycles. The van der Waals surface area contributed by atoms with E-state index in [0.29, 0.717) is 25.7 Å². The minimum absolute atomic E-state index is 0. The first-order chi connectivity index (χ1) is 18.6. The fraction of sp³-hybridized carbons (Fsp3) is 0.419. The molecule has 0 radical (unpaired) electrons. The van der Waals surface area contributed by atoms with Crippen LogP contribution < -0.4 is 148 Å². The zero-order valence-corrected chi connectivity index (χ0v) is 36.0. The van der Waals surface area contributed by atoms with E-state index in [2.05, 4.69) is 54.6 Å². The van der Waals surface area contributed by atoms with Crippen molar-refractivity contribution in [3.05, 3.63) is 83.9 Å². The number of unbranched alkanes of at least 4 members (excludes halogenated alkanes) is 6. The minimum atomic E-state index is -4.46. The molecule has 12 heteroatoms. The van der Waals surface area contributed by atoms with Crippen molar-refractivity contribution in [2.75, 3.05) is 12.3 Å². The molecular weight excluding hydrogens is 622 g/mol. The van der Waals surface area contributed by atoms with E-state index < -0.39 is 15.9 Å². The summed E-state index contributed by atoms with van der Waals surface area (Å²) >= 11 is 0. The van der Waals surface area contributed by atoms with Crippen LogP contribution in [0.25, 0.3) is 22.3 Å². The van der Waals surface area contributed by atoms with Gasteiger partial charge in [-0.25, -0.2) is 0 Å². The molecule has 210 valence electrons. The fourth-order valence-corrected chi connectivity index (χ4v) is 7.32. The van der Waals surface area contributed by atoms with Crippen LogP contribution in [0.3, 0.4) is 0 Å². The Kier molecular flexibility index (Phi) is 22.5. The van der Waals surface area contributed by atoms with Gasteiger partial charge in [0.05, 0.1) is 0 Å². The van der Waals surface area contributed by atoms with Gasteiger partial charge in [-0.05, 0) is 78.0 Å². The maximum absolute atomic E-state index is 11.0. The largest absolute Gasteiger partial charge is 1.00 e. The van der Waals surface area contributed by atoms with Crippen LogP contribution in [0.2, 0.25) is 0 Å². The van der Waals surface area contributed by atoms with Gasteiger partial charge in [0.25, 0.3) is 0 Å². The maximum atomic E-state index is 11.0. The minimum Gasteiger partial charge on any atom is -0.688 e. The molecule has 0 saturated carbocycles. The Labute approximate surface area is 346 Å². The third kappa shape index (κ3) is 13.6. The summed E-state index contributed by atoms with van der Waals surface area (Å²) in [5.74, 6) is 0. The summed E-state index contributed by atoms with van der Waals surface area (Å²) in [5, 5.41) is 0. The Morgan fingerprint density at radius 2 is 0.907 bits per heavy atom. The van der Waals surface area contributed by atoms with Crippen LogP contribution in [0.4, 0.5) is 0 Å². The van der Waals surface area contributed by atoms with Crippen molar-refractivity contribution in [1.29, 1.82) is 0 Å². The summed E-state index contributed by atoms with van der Waals surface area (Å²) in [7, 11) is -8.92. The van der Waals surface area contributed by atoms with E-state index in [1.807, 2.05) is 18.2 Å². The number of hydrogen-bond donors (Lipinski definition) is 0. The van der Waals surface area contributed by atoms with Crippen molar-refractivity contribution < 1.29 is 148 Å². The molecule has 0 aliphatic heterocycles. The van der Waals surface area contributed by atoms with Gasteiger partial charge in [0.2, 0.25) is 0 Å². The molecule has 3 aromatic rings. The van der Waals surface area contributed by atoms with Gasteiger partial charge in [0.15, 0.2) is 0 Å². The fourth-order valence-electron chi connectivity index (χ4n) is 6.10. The number of hydrogen-bond acceptors (Lipinski definition) is 6. The molecule has 6 nitrogen and oxygen atoms in total. The summed E-state index contributed by atoms with van der Waals surface area (Å²) in [6, 6.07) is 25.6. The van der Waals surface area contributed by atoms with Crippen LogP contribution in [0, 0.1) is 0 Å². The average molecular weight is 659 g/mol. The molecule has 0 N–H and O–H groups in total. The summed E-state index contributed by atoms with van der Waals surface area (Å²) in [4.78, 5) is 66.1. The van der Waals surface area contributed by atoms with Gasteiger partial charge in [-0.1, -0.05) is 92.4 Å². The normalized spacial score (nSPS) is 13.0. The quantitative estimate of drug-likeness (QED) is 0.0904. The van der Waals surface area contributed by atoms with Crippen LogP contribution in [0.15, 0.2) is 72.8 Å². The van der Waals surface area contributed by atoms with Gasteiger partial charge in [-0.3, -0.25) is 0 Å². The molecule has 0 atom stereocenters. The maximum Gasteiger partial charge on any atom is 1.00 e. The first-order valence-corrected chi connectivity index (χ1v) is 17.4. The number of fused-ring (bicyclic) bond motifs is 3. The Bertz CT molecular complexity index is 1200. The molecule has 0 unspecified atom stereocenters. The molecule has 0 spiro atoms. The van der Waals surface area contributed by atoms with Gasteiger partial charge in [-0.2, -0.15) is 15.9 Å². The molecule has 3 aromatic carbocycles. The van der Waals surface area contributed by atoms with Crippen LogP contribution in [0.5, 0.6) is 0 Å². The van der Waals surface area contributed by atoms with Crippen molar-refractivity contribution in [1.82, 2.24) is 0 Å². The van der Waals surface area contributed by atoms with Crippen molar-refractivity contribution in [2.45, 2.75) is 69.6 Å². The number of benzene rings is 3. The van der Waals surface area contributed by atoms with Gasteiger partial charge in [0.1, 0.15) is 0 Å². The second-order valence-electron chi connectivity index (χ2n) is 10.8. The predicted octanol–water partition coefficient (Wildman–Crippen LogP) is -8.78. The molecule has 43 heavy (non-hydrogen) atoms. The SMILES string of the molecule is [Na+].[Na+].[Na+].[Na+].[O-][P+]([O-])([O-])CCCCCCC1(CCCCCC[P+]([O-])([O-])[O-])c2ccccc2-c2ccc(-c3ccccc3)cc21. The molecule has 0 aromatic heterocycles. The van der Waals surface area contributed by atoms with Gasteiger partial charge in [-0.15, -0.1) is 0 Å². The van der Waals surface area contributed by atoms with E-state index in [4.69, 9.17) is 0 Å². The van der Waals surface area contributed by atoms with Crippen molar-refractivity contribution in [3.8, 4) is 22.3 Å². The summed E-state index contributed by atoms with van der Waals surface area (Å²) in [5.41, 5.74) is 7.19. The van der Waals surface area contributed by atoms with Gasteiger partial charge < -0.3 is 29.4 Å². The van der Waals surface area contributed by atoms with E-state index in [1.54, 1.807) is 0 Å². The third-order valence-corrected chi connectivity index (χ3v) is 9.67. The van der Waals surface area contributed by atoms with E-state index in [0.717, 1.165) is 49.7 Å². The third-order valence-electron chi connectivity index (χ3n) is 7.95. The molecule has 0 heterocycles. The zero-order valence-electron chi connectivity index (χ0n) is 26.3. The first-order valence-electron chi connectivity index (χ1n) is 13.9. The standard InChI is InChI=1S/C31H40O6P2.4Na/c32-38(33,34)22-12-3-1-10-20-31(21-11-2-4-13-23-39(35,36)37)29-17-9-8-16-27(29)28-19-18-26(24-30(28)31)25-14-6-5-7-15-25;;;;/h5-9,14-19,24H,1-4,10-13,20-23H2,(H2,32,33,34)(H2,35,36,37);;;;/q;4*+1/p-4. The Balaban J connectivity index is 0.00000441. The van der Waals surface area contributed by atoms with E-state index >= 15 is 0 Å². The Hall–Kier alpha value is 2.28. The Morgan fingerprint density at radius 1 is 0.442 bits per heavy atom. The summed E-state index contributed by atoms with van der Waals surface area (Å²) in [6.07, 6.45) is 6.92. The summed E-state index contributed by atoms with van der Waals surface area (Å²) < 4.78 is 0. The zero-order chi connectivity index (χ0) is 27.9. The van der Waals surface area contributed by atoms with E-state index in [1.165, 1.54) is 22.3 Å². The van der Waals surface area contributed by atoms with Crippen molar-refractivity contribution in [3.63, 3.8) is 0 Å². The number of rotatable bonds is 15. The Morgan fingerprint density at radius 3 is 1.44 bits per heavy atom. The topological polar surface area (TPSA) is 138 Å². The molecule has 0 fully saturated rings. The molecule has 0 bridgehead atoms. The average Bonchev–Trinajstić information content (AvgIpc) is 3.17. The van der Waals surface area contributed by atoms with Crippen LogP contribution in [-0.2, 0) is 5.41 Å². The summed E-state index contributed by atoms with van der Waals surface area (Å²) in [6.45, 7) is 0. The first kappa shape index (κ1) is 45.3. The van der Waals surface area contributed by atoms with Gasteiger partial charge >= 0.3 is 118 Å². The van der Waals surface area contributed by atoms with Crippen molar-refractivity contribution >= 4 is 15.9 Å². The van der Waals surface area contributed by atoms with Crippen LogP contribution in [0.1, 0.15) is 75.3 Å². The van der Waals surface area contributed by atoms with Gasteiger partial charge in [0, 0.05) is 17.7 Å². The van der Waals surface area contributed by atoms with E-state index in [9.17, 15) is 29.4 Å². The van der Waals surface area contributed by atoms with Crippen LogP contribution in [-0.4, -0.2) is 12.3 Å². The van der Waals surface area contributed by atoms with E-state index in [-0.39, 0.29) is 136 Å². The second kappa shape index (κ2) is 21.4. The smallest absolute Gasteiger partial charge is 0.688 e. The second-order valence-corrected chi connectivity index (χ2v) is 14.1. The molecule has 4 rings (SSSR count). The molecule has 1 aliphatic carbocycles. The van der Waals surface area contributed by atoms with Crippen molar-refractivity contribution in [2.24, 2.45) is 0 Å². The van der Waals surface area contributed by atoms with Crippen LogP contribution >= 0.6 is 15.9 Å². The molecule has 0 amide bonds.